The zero-order valence-electron chi connectivity index (χ0n) is 15.2. The summed E-state index contributed by atoms with van der Waals surface area (Å²) in [6.07, 6.45) is 1.84. The predicted molar refractivity (Wildman–Crippen MR) is 117 cm³/mol. The van der Waals surface area contributed by atoms with E-state index in [1.807, 2.05) is 30.5 Å². The number of hydrogen-bond donors (Lipinski definition) is 2. The smallest absolute Gasteiger partial charge is 0.176 e. The van der Waals surface area contributed by atoms with Gasteiger partial charge in [0.15, 0.2) is 10.9 Å². The summed E-state index contributed by atoms with van der Waals surface area (Å²) >= 11 is 17.5. The van der Waals surface area contributed by atoms with Gasteiger partial charge in [0.2, 0.25) is 0 Å². The quantitative estimate of drug-likeness (QED) is 0.526. The summed E-state index contributed by atoms with van der Waals surface area (Å²) in [5.41, 5.74) is 1.64. The molecule has 0 aliphatic heterocycles. The molecule has 0 atom stereocenters. The van der Waals surface area contributed by atoms with E-state index in [1.165, 1.54) is 0 Å². The van der Waals surface area contributed by atoms with Gasteiger partial charge in [0.25, 0.3) is 0 Å². The van der Waals surface area contributed by atoms with Crippen LogP contribution in [0.5, 0.6) is 11.5 Å². The second kappa shape index (κ2) is 9.14. The van der Waals surface area contributed by atoms with E-state index in [9.17, 15) is 0 Å². The summed E-state index contributed by atoms with van der Waals surface area (Å²) in [4.78, 5) is 0. The zero-order valence-corrected chi connectivity index (χ0v) is 17.5. The van der Waals surface area contributed by atoms with Crippen molar-refractivity contribution in [1.82, 2.24) is 9.78 Å². The summed E-state index contributed by atoms with van der Waals surface area (Å²) in [6.45, 7) is 0.518. The lowest BCUT2D eigenvalue weighted by atomic mass is 10.2. The molecular weight excluding hydrogens is 419 g/mol. The van der Waals surface area contributed by atoms with Gasteiger partial charge in [-0.3, -0.25) is 4.68 Å². The molecule has 0 amide bonds. The van der Waals surface area contributed by atoms with Crippen LogP contribution in [0.1, 0.15) is 5.56 Å². The van der Waals surface area contributed by atoms with Crippen LogP contribution >= 0.6 is 35.4 Å². The van der Waals surface area contributed by atoms with Gasteiger partial charge in [-0.15, -0.1) is 0 Å². The molecular formula is C19H18Cl2N4O2S. The Kier molecular flexibility index (Phi) is 6.61. The van der Waals surface area contributed by atoms with Gasteiger partial charge < -0.3 is 20.1 Å². The van der Waals surface area contributed by atoms with Crippen molar-refractivity contribution < 1.29 is 9.47 Å². The monoisotopic (exact) mass is 436 g/mol. The maximum Gasteiger partial charge on any atom is 0.176 e. The van der Waals surface area contributed by atoms with Crippen molar-refractivity contribution in [1.29, 1.82) is 0 Å². The molecule has 9 heteroatoms. The first kappa shape index (κ1) is 20.3. The lowest BCUT2D eigenvalue weighted by molar-refractivity contribution is 0.395. The van der Waals surface area contributed by atoms with Crippen molar-refractivity contribution in [3.05, 3.63) is 64.3 Å². The maximum atomic E-state index is 6.22. The number of halogens is 2. The molecule has 0 aliphatic rings. The minimum Gasteiger partial charge on any atom is -0.497 e. The van der Waals surface area contributed by atoms with Gasteiger partial charge in [0, 0.05) is 28.4 Å². The van der Waals surface area contributed by atoms with Crippen LogP contribution in [0.3, 0.4) is 0 Å². The molecule has 146 valence electrons. The fraction of sp³-hybridized carbons (Fsp3) is 0.158. The molecule has 0 spiro atoms. The molecule has 3 rings (SSSR count). The molecule has 1 aromatic heterocycles. The third kappa shape index (κ3) is 5.07. The fourth-order valence-electron chi connectivity index (χ4n) is 2.51. The molecule has 0 unspecified atom stereocenters. The summed E-state index contributed by atoms with van der Waals surface area (Å²) in [6, 6.07) is 12.6. The SMILES string of the molecule is COc1ccc(NC(=S)Nc2ccn(Cc3ccc(Cl)cc3Cl)n2)c(OC)c1. The number of aromatic nitrogens is 2. The molecule has 2 aromatic carbocycles. The molecule has 0 saturated heterocycles. The Labute approximate surface area is 178 Å². The van der Waals surface area contributed by atoms with Crippen molar-refractivity contribution in [3.63, 3.8) is 0 Å². The van der Waals surface area contributed by atoms with Crippen molar-refractivity contribution in [2.45, 2.75) is 6.54 Å². The van der Waals surface area contributed by atoms with Crippen molar-refractivity contribution >= 4 is 52.0 Å². The van der Waals surface area contributed by atoms with E-state index in [-0.39, 0.29) is 0 Å². The zero-order chi connectivity index (χ0) is 20.1. The van der Waals surface area contributed by atoms with E-state index < -0.39 is 0 Å². The average Bonchev–Trinajstić information content (AvgIpc) is 3.11. The number of thiocarbonyl (C=S) groups is 1. The minimum atomic E-state index is 0.387. The molecule has 6 nitrogen and oxygen atoms in total. The van der Waals surface area contributed by atoms with E-state index in [0.29, 0.717) is 44.7 Å². The van der Waals surface area contributed by atoms with E-state index in [4.69, 9.17) is 44.9 Å². The third-order valence-corrected chi connectivity index (χ3v) is 4.68. The Bertz CT molecular complexity index is 994. The van der Waals surface area contributed by atoms with Crippen molar-refractivity contribution in [2.24, 2.45) is 0 Å². The topological polar surface area (TPSA) is 60.3 Å². The Morgan fingerprint density at radius 1 is 1.07 bits per heavy atom. The first-order chi connectivity index (χ1) is 13.5. The number of nitrogens with one attached hydrogen (secondary N) is 2. The first-order valence-electron chi connectivity index (χ1n) is 8.26. The second-order valence-corrected chi connectivity index (χ2v) is 7.03. The number of hydrogen-bond acceptors (Lipinski definition) is 4. The van der Waals surface area contributed by atoms with Gasteiger partial charge in [-0.2, -0.15) is 5.10 Å². The molecule has 3 aromatic rings. The number of benzene rings is 2. The summed E-state index contributed by atoms with van der Waals surface area (Å²) < 4.78 is 12.3. The van der Waals surface area contributed by atoms with Crippen LogP contribution in [0, 0.1) is 0 Å². The molecule has 0 aliphatic carbocycles. The number of anilines is 2. The van der Waals surface area contributed by atoms with Crippen LogP contribution in [0.2, 0.25) is 10.0 Å². The van der Waals surface area contributed by atoms with Crippen LogP contribution in [0.15, 0.2) is 48.7 Å². The molecule has 28 heavy (non-hydrogen) atoms. The van der Waals surface area contributed by atoms with E-state index in [2.05, 4.69) is 15.7 Å². The van der Waals surface area contributed by atoms with Crippen molar-refractivity contribution in [2.75, 3.05) is 24.9 Å². The van der Waals surface area contributed by atoms with Crippen LogP contribution in [-0.2, 0) is 6.54 Å². The first-order valence-corrected chi connectivity index (χ1v) is 9.42. The van der Waals surface area contributed by atoms with Crippen LogP contribution in [0.4, 0.5) is 11.5 Å². The van der Waals surface area contributed by atoms with Gasteiger partial charge in [0.05, 0.1) is 26.5 Å². The van der Waals surface area contributed by atoms with E-state index in [1.54, 1.807) is 37.1 Å². The third-order valence-electron chi connectivity index (χ3n) is 3.89. The Balaban J connectivity index is 1.64. The predicted octanol–water partition coefficient (Wildman–Crippen LogP) is 5.06. The van der Waals surface area contributed by atoms with E-state index in [0.717, 1.165) is 5.56 Å². The minimum absolute atomic E-state index is 0.387. The lowest BCUT2D eigenvalue weighted by Gasteiger charge is -2.13. The van der Waals surface area contributed by atoms with Crippen molar-refractivity contribution in [3.8, 4) is 11.5 Å². The van der Waals surface area contributed by atoms with Gasteiger partial charge >= 0.3 is 0 Å². The molecule has 0 bridgehead atoms. The largest absolute Gasteiger partial charge is 0.497 e. The van der Waals surface area contributed by atoms with Gasteiger partial charge in [-0.05, 0) is 42.0 Å². The molecule has 1 heterocycles. The van der Waals surface area contributed by atoms with Gasteiger partial charge in [-0.1, -0.05) is 29.3 Å². The normalized spacial score (nSPS) is 10.4. The standard InChI is InChI=1S/C19H18Cl2N4O2S/c1-26-14-5-6-16(17(10-14)27-2)22-19(28)23-18-7-8-25(24-18)11-12-3-4-13(20)9-15(12)21/h3-10H,11H2,1-2H3,(H2,22,23,24,28). The Morgan fingerprint density at radius 3 is 2.61 bits per heavy atom. The average molecular weight is 437 g/mol. The highest BCUT2D eigenvalue weighted by Gasteiger charge is 2.09. The summed E-state index contributed by atoms with van der Waals surface area (Å²) in [7, 11) is 3.18. The lowest BCUT2D eigenvalue weighted by Crippen LogP contribution is -2.20. The molecule has 0 radical (unpaired) electrons. The van der Waals surface area contributed by atoms with Gasteiger partial charge in [-0.25, -0.2) is 0 Å². The number of rotatable bonds is 6. The molecule has 0 fully saturated rings. The highest BCUT2D eigenvalue weighted by Crippen LogP contribution is 2.29. The second-order valence-electron chi connectivity index (χ2n) is 5.78. The van der Waals surface area contributed by atoms with Crippen LogP contribution < -0.4 is 20.1 Å². The van der Waals surface area contributed by atoms with Crippen LogP contribution in [0.25, 0.3) is 0 Å². The molecule has 2 N–H and O–H groups in total. The van der Waals surface area contributed by atoms with E-state index >= 15 is 0 Å². The van der Waals surface area contributed by atoms with Gasteiger partial charge in [0.1, 0.15) is 11.5 Å². The highest BCUT2D eigenvalue weighted by atomic mass is 35.5. The highest BCUT2D eigenvalue weighted by molar-refractivity contribution is 7.80. The maximum absolute atomic E-state index is 6.22. The molecule has 0 saturated carbocycles. The number of methoxy groups -OCH3 is 2. The number of nitrogens with zero attached hydrogens (tertiary/aromatic N) is 2. The number of ether oxygens (including phenoxy) is 2. The Morgan fingerprint density at radius 2 is 1.89 bits per heavy atom. The Hall–Kier alpha value is -2.48. The summed E-state index contributed by atoms with van der Waals surface area (Å²) in [5.74, 6) is 1.92. The summed E-state index contributed by atoms with van der Waals surface area (Å²) in [5, 5.41) is 12.2. The fourth-order valence-corrected chi connectivity index (χ4v) is 3.20. The van der Waals surface area contributed by atoms with Crippen LogP contribution in [-0.4, -0.2) is 29.1 Å².